The Hall–Kier alpha value is -2.48. The molecule has 0 aliphatic carbocycles. The van der Waals surface area contributed by atoms with Crippen molar-refractivity contribution in [1.82, 2.24) is 9.97 Å². The largest absolute Gasteiger partial charge is 0.256 e. The molecule has 2 heterocycles. The molecule has 0 radical (unpaired) electrons. The molecular weight excluding hydrogens is 244 g/mol. The summed E-state index contributed by atoms with van der Waals surface area (Å²) in [5, 5.41) is 0. The Balaban J connectivity index is 2.01. The fourth-order valence-corrected chi connectivity index (χ4v) is 2.36. The summed E-state index contributed by atoms with van der Waals surface area (Å²) in [6, 6.07) is 16.5. The number of hydrogen-bond acceptors (Lipinski definition) is 2. The highest BCUT2D eigenvalue weighted by Gasteiger charge is 2.05. The summed E-state index contributed by atoms with van der Waals surface area (Å²) in [7, 11) is 0. The molecule has 0 N–H and O–H groups in total. The van der Waals surface area contributed by atoms with Gasteiger partial charge in [-0.2, -0.15) is 0 Å². The van der Waals surface area contributed by atoms with Crippen molar-refractivity contribution >= 4 is 0 Å². The second-order valence-electron chi connectivity index (χ2n) is 4.92. The molecule has 0 amide bonds. The molecule has 98 valence electrons. The van der Waals surface area contributed by atoms with Crippen LogP contribution in [0.1, 0.15) is 11.1 Å². The Morgan fingerprint density at radius 1 is 0.600 bits per heavy atom. The molecular formula is C18H16N2. The van der Waals surface area contributed by atoms with Crippen LogP contribution < -0.4 is 0 Å². The number of pyridine rings is 2. The maximum atomic E-state index is 4.45. The molecule has 2 nitrogen and oxygen atoms in total. The minimum Gasteiger partial charge on any atom is -0.256 e. The van der Waals surface area contributed by atoms with Crippen molar-refractivity contribution < 1.29 is 0 Å². The lowest BCUT2D eigenvalue weighted by atomic mass is 10.0. The van der Waals surface area contributed by atoms with Crippen molar-refractivity contribution in [3.8, 4) is 22.5 Å². The predicted molar refractivity (Wildman–Crippen MR) is 82.4 cm³/mol. The molecule has 0 atom stereocenters. The molecule has 0 unspecified atom stereocenters. The molecule has 3 rings (SSSR count). The quantitative estimate of drug-likeness (QED) is 0.681. The van der Waals surface area contributed by atoms with Crippen molar-refractivity contribution in [3.63, 3.8) is 0 Å². The van der Waals surface area contributed by atoms with Gasteiger partial charge in [0.15, 0.2) is 0 Å². The lowest BCUT2D eigenvalue weighted by Crippen LogP contribution is -1.89. The van der Waals surface area contributed by atoms with Crippen LogP contribution >= 0.6 is 0 Å². The van der Waals surface area contributed by atoms with E-state index in [1.54, 1.807) is 0 Å². The first kappa shape index (κ1) is 12.5. The van der Waals surface area contributed by atoms with Gasteiger partial charge >= 0.3 is 0 Å². The number of hydrogen-bond donors (Lipinski definition) is 0. The van der Waals surface area contributed by atoms with Crippen molar-refractivity contribution in [2.24, 2.45) is 0 Å². The number of aryl methyl sites for hydroxylation is 2. The van der Waals surface area contributed by atoms with E-state index >= 15 is 0 Å². The average molecular weight is 260 g/mol. The van der Waals surface area contributed by atoms with Gasteiger partial charge in [0.2, 0.25) is 0 Å². The van der Waals surface area contributed by atoms with Gasteiger partial charge in [0.25, 0.3) is 0 Å². The first-order valence-electron chi connectivity index (χ1n) is 6.70. The van der Waals surface area contributed by atoms with Gasteiger partial charge in [-0.3, -0.25) is 9.97 Å². The molecule has 0 aliphatic heterocycles. The average Bonchev–Trinajstić information content (AvgIpc) is 2.49. The normalized spacial score (nSPS) is 10.5. The fourth-order valence-electron chi connectivity index (χ4n) is 2.36. The van der Waals surface area contributed by atoms with Crippen LogP contribution in [-0.2, 0) is 0 Å². The van der Waals surface area contributed by atoms with Crippen LogP contribution in [0.5, 0.6) is 0 Å². The Labute approximate surface area is 119 Å². The van der Waals surface area contributed by atoms with Crippen LogP contribution in [0.3, 0.4) is 0 Å². The molecule has 0 spiro atoms. The lowest BCUT2D eigenvalue weighted by molar-refractivity contribution is 1.26. The third kappa shape index (κ3) is 2.32. The van der Waals surface area contributed by atoms with E-state index in [4.69, 9.17) is 0 Å². The Morgan fingerprint density at radius 3 is 1.35 bits per heavy atom. The molecule has 0 saturated heterocycles. The van der Waals surface area contributed by atoms with Crippen molar-refractivity contribution in [2.75, 3.05) is 0 Å². The summed E-state index contributed by atoms with van der Waals surface area (Å²) in [4.78, 5) is 8.91. The third-order valence-electron chi connectivity index (χ3n) is 3.45. The maximum absolute atomic E-state index is 4.45. The lowest BCUT2D eigenvalue weighted by Gasteiger charge is -2.07. The van der Waals surface area contributed by atoms with E-state index in [9.17, 15) is 0 Å². The van der Waals surface area contributed by atoms with E-state index in [1.165, 1.54) is 11.1 Å². The summed E-state index contributed by atoms with van der Waals surface area (Å²) in [6.07, 6.45) is 3.66. The van der Waals surface area contributed by atoms with Crippen LogP contribution in [0.25, 0.3) is 22.5 Å². The standard InChI is InChI=1S/C18H16N2/c1-13-5-3-11-19-17(13)15-7-9-16(10-8-15)18-14(2)6-4-12-20-18/h3-12H,1-2H3. The van der Waals surface area contributed by atoms with Crippen molar-refractivity contribution in [2.45, 2.75) is 13.8 Å². The topological polar surface area (TPSA) is 25.8 Å². The zero-order chi connectivity index (χ0) is 13.9. The second kappa shape index (κ2) is 5.25. The van der Waals surface area contributed by atoms with Crippen LogP contribution in [-0.4, -0.2) is 9.97 Å². The number of nitrogens with zero attached hydrogens (tertiary/aromatic N) is 2. The van der Waals surface area contributed by atoms with Gasteiger partial charge < -0.3 is 0 Å². The smallest absolute Gasteiger partial charge is 0.0731 e. The van der Waals surface area contributed by atoms with Crippen LogP contribution in [0.15, 0.2) is 60.9 Å². The zero-order valence-corrected chi connectivity index (χ0v) is 11.7. The summed E-state index contributed by atoms with van der Waals surface area (Å²) in [6.45, 7) is 4.16. The Bertz CT molecular complexity index is 666. The zero-order valence-electron chi connectivity index (χ0n) is 11.7. The number of rotatable bonds is 2. The summed E-state index contributed by atoms with van der Waals surface area (Å²) in [5.74, 6) is 0. The Kier molecular flexibility index (Phi) is 3.30. The second-order valence-corrected chi connectivity index (χ2v) is 4.92. The van der Waals surface area contributed by atoms with Gasteiger partial charge in [-0.25, -0.2) is 0 Å². The van der Waals surface area contributed by atoms with Gasteiger partial charge in [0, 0.05) is 23.5 Å². The molecule has 1 aromatic carbocycles. The summed E-state index contributed by atoms with van der Waals surface area (Å²) < 4.78 is 0. The van der Waals surface area contributed by atoms with E-state index < -0.39 is 0 Å². The molecule has 0 saturated carbocycles. The predicted octanol–water partition coefficient (Wildman–Crippen LogP) is 4.43. The highest BCUT2D eigenvalue weighted by Crippen LogP contribution is 2.25. The molecule has 0 aliphatic rings. The van der Waals surface area contributed by atoms with Gasteiger partial charge in [-0.1, -0.05) is 36.4 Å². The molecule has 2 heteroatoms. The molecule has 20 heavy (non-hydrogen) atoms. The monoisotopic (exact) mass is 260 g/mol. The van der Waals surface area contributed by atoms with Crippen molar-refractivity contribution in [3.05, 3.63) is 72.1 Å². The highest BCUT2D eigenvalue weighted by molar-refractivity contribution is 5.69. The fraction of sp³-hybridized carbons (Fsp3) is 0.111. The highest BCUT2D eigenvalue weighted by atomic mass is 14.7. The van der Waals surface area contributed by atoms with E-state index in [-0.39, 0.29) is 0 Å². The molecule has 2 aromatic heterocycles. The number of benzene rings is 1. The minimum atomic E-state index is 1.04. The first-order valence-corrected chi connectivity index (χ1v) is 6.70. The van der Waals surface area contributed by atoms with E-state index in [1.807, 2.05) is 24.5 Å². The maximum Gasteiger partial charge on any atom is 0.0731 e. The van der Waals surface area contributed by atoms with E-state index in [2.05, 4.69) is 60.2 Å². The summed E-state index contributed by atoms with van der Waals surface area (Å²) >= 11 is 0. The molecule has 0 fully saturated rings. The van der Waals surface area contributed by atoms with Gasteiger partial charge in [-0.05, 0) is 37.1 Å². The molecule has 0 bridgehead atoms. The van der Waals surface area contributed by atoms with Gasteiger partial charge in [0.1, 0.15) is 0 Å². The van der Waals surface area contributed by atoms with Crippen LogP contribution in [0.2, 0.25) is 0 Å². The Morgan fingerprint density at radius 2 is 1.00 bits per heavy atom. The van der Waals surface area contributed by atoms with Crippen LogP contribution in [0, 0.1) is 13.8 Å². The van der Waals surface area contributed by atoms with E-state index in [0.717, 1.165) is 22.5 Å². The van der Waals surface area contributed by atoms with Crippen LogP contribution in [0.4, 0.5) is 0 Å². The first-order chi connectivity index (χ1) is 9.75. The third-order valence-corrected chi connectivity index (χ3v) is 3.45. The van der Waals surface area contributed by atoms with Gasteiger partial charge in [-0.15, -0.1) is 0 Å². The SMILES string of the molecule is Cc1cccnc1-c1ccc(-c2ncccc2C)cc1. The van der Waals surface area contributed by atoms with Crippen molar-refractivity contribution in [1.29, 1.82) is 0 Å². The summed E-state index contributed by atoms with van der Waals surface area (Å²) in [5.41, 5.74) is 6.73. The van der Waals surface area contributed by atoms with Gasteiger partial charge in [0.05, 0.1) is 11.4 Å². The minimum absolute atomic E-state index is 1.04. The van der Waals surface area contributed by atoms with E-state index in [0.29, 0.717) is 0 Å². The molecule has 3 aromatic rings. The number of aromatic nitrogens is 2.